The van der Waals surface area contributed by atoms with E-state index in [1.165, 1.54) is 6.92 Å². The van der Waals surface area contributed by atoms with E-state index in [2.05, 4.69) is 26.6 Å². The maximum atomic E-state index is 13.5. The van der Waals surface area contributed by atoms with E-state index in [4.69, 9.17) is 5.11 Å². The summed E-state index contributed by atoms with van der Waals surface area (Å²) in [5.74, 6) is -4.25. The quantitative estimate of drug-likeness (QED) is 0.0788. The van der Waals surface area contributed by atoms with Crippen LogP contribution in [-0.4, -0.2) is 93.2 Å². The molecule has 49 heavy (non-hydrogen) atoms. The van der Waals surface area contributed by atoms with Crippen LogP contribution < -0.4 is 32.7 Å². The molecular weight excluding hydrogens is 636 g/mol. The number of carboxylic acids is 1. The number of hydrogen-bond acceptors (Lipinski definition) is 9. The van der Waals surface area contributed by atoms with Crippen LogP contribution in [0, 0.1) is 29.6 Å². The molecule has 0 spiro atoms. The molecule has 0 radical (unpaired) electrons. The number of aliphatic carboxylic acids is 1. The summed E-state index contributed by atoms with van der Waals surface area (Å²) in [6.07, 6.45) is -2.76. The largest absolute Gasteiger partial charge is 0.481 e. The average Bonchev–Trinajstić information content (AvgIpc) is 2.91. The minimum absolute atomic E-state index is 0. The van der Waals surface area contributed by atoms with E-state index in [-0.39, 0.29) is 48.1 Å². The van der Waals surface area contributed by atoms with E-state index in [0.29, 0.717) is 12.8 Å². The third kappa shape index (κ3) is 19.5. The van der Waals surface area contributed by atoms with Crippen molar-refractivity contribution in [3.8, 4) is 0 Å². The molecule has 0 heterocycles. The summed E-state index contributed by atoms with van der Waals surface area (Å²) in [6.45, 7) is 19.8. The highest BCUT2D eigenvalue weighted by molar-refractivity contribution is 5.92. The van der Waals surface area contributed by atoms with Gasteiger partial charge in [-0.25, -0.2) is 0 Å². The number of carboxylic acid groups (broad SMARTS) is 1. The van der Waals surface area contributed by atoms with Crippen LogP contribution in [0.5, 0.6) is 0 Å². The lowest BCUT2D eigenvalue weighted by molar-refractivity contribution is -0.140. The Balaban J connectivity index is 0. The van der Waals surface area contributed by atoms with Crippen molar-refractivity contribution in [2.75, 3.05) is 0 Å². The van der Waals surface area contributed by atoms with Crippen molar-refractivity contribution in [2.24, 2.45) is 29.6 Å². The fourth-order valence-electron chi connectivity index (χ4n) is 5.16. The highest BCUT2D eigenvalue weighted by Crippen LogP contribution is 2.15. The van der Waals surface area contributed by atoms with E-state index >= 15 is 0 Å². The Morgan fingerprint density at radius 2 is 0.878 bits per heavy atom. The molecule has 5 amide bonds. The first-order valence-corrected chi connectivity index (χ1v) is 17.1. The Kier molecular flexibility index (Phi) is 22.6. The molecule has 0 bridgehead atoms. The Bertz CT molecular complexity index is 1070. The highest BCUT2D eigenvalue weighted by Gasteiger charge is 2.34. The molecule has 7 unspecified atom stereocenters. The van der Waals surface area contributed by atoms with Gasteiger partial charge in [0.25, 0.3) is 0 Å². The third-order valence-electron chi connectivity index (χ3n) is 7.69. The summed E-state index contributed by atoms with van der Waals surface area (Å²) in [5, 5.41) is 43.9. The summed E-state index contributed by atoms with van der Waals surface area (Å²) in [6, 6.07) is -4.61. The lowest BCUT2D eigenvalue weighted by Gasteiger charge is -2.31. The predicted octanol–water partition coefficient (Wildman–Crippen LogP) is 1.63. The van der Waals surface area contributed by atoms with Gasteiger partial charge in [0.05, 0.1) is 37.1 Å². The van der Waals surface area contributed by atoms with Gasteiger partial charge in [-0.05, 0) is 49.4 Å². The van der Waals surface area contributed by atoms with Gasteiger partial charge in [-0.3, -0.25) is 28.8 Å². The maximum absolute atomic E-state index is 13.5. The number of rotatable bonds is 22. The molecule has 286 valence electrons. The molecule has 0 aliphatic heterocycles. The lowest BCUT2D eigenvalue weighted by Crippen LogP contribution is -2.59. The first kappa shape index (κ1) is 47.8. The van der Waals surface area contributed by atoms with Crippen molar-refractivity contribution in [1.29, 1.82) is 0 Å². The standard InChI is InChI=1S/C34H63N5O9.H3N/c1-17(2)12-23(37-33(47)31(21(9)10)39-34(48)30(20(7)8)38-27(42)14-19(5)6)25(40)15-28(43)35-22(11)32(46)36-24(13-18(3)4)26(41)16-29(44)45;/h17-26,30-31,40-41H,12-16H2,1-11H3,(H,35,43)(H,36,46)(H,37,47)(H,38,42)(H,39,48)(H,44,45);1H3. The normalized spacial score (nSPS) is 15.8. The molecule has 15 heteroatoms. The summed E-state index contributed by atoms with van der Waals surface area (Å²) >= 11 is 0. The molecule has 0 saturated carbocycles. The van der Waals surface area contributed by atoms with Crippen LogP contribution in [0.3, 0.4) is 0 Å². The van der Waals surface area contributed by atoms with Crippen LogP contribution in [0.1, 0.15) is 108 Å². The monoisotopic (exact) mass is 702 g/mol. The number of carbonyl (C=O) groups is 6. The highest BCUT2D eigenvalue weighted by atomic mass is 16.4. The number of carbonyl (C=O) groups excluding carboxylic acids is 5. The zero-order chi connectivity index (χ0) is 37.5. The molecule has 7 atom stereocenters. The van der Waals surface area contributed by atoms with Crippen LogP contribution in [0.15, 0.2) is 0 Å². The zero-order valence-corrected chi connectivity index (χ0v) is 31.5. The average molecular weight is 703 g/mol. The van der Waals surface area contributed by atoms with Gasteiger partial charge in [0.1, 0.15) is 18.1 Å². The fourth-order valence-corrected chi connectivity index (χ4v) is 5.16. The van der Waals surface area contributed by atoms with Crippen molar-refractivity contribution in [2.45, 2.75) is 151 Å². The Morgan fingerprint density at radius 3 is 1.29 bits per heavy atom. The van der Waals surface area contributed by atoms with Crippen LogP contribution >= 0.6 is 0 Å². The van der Waals surface area contributed by atoms with Crippen LogP contribution in [-0.2, 0) is 28.8 Å². The molecule has 0 aromatic heterocycles. The first-order chi connectivity index (χ1) is 22.0. The number of amides is 5. The van der Waals surface area contributed by atoms with Crippen LogP contribution in [0.2, 0.25) is 0 Å². The summed E-state index contributed by atoms with van der Waals surface area (Å²) in [7, 11) is 0. The van der Waals surface area contributed by atoms with Gasteiger partial charge in [0.15, 0.2) is 0 Å². The lowest BCUT2D eigenvalue weighted by atomic mass is 9.95. The molecule has 11 N–H and O–H groups in total. The maximum Gasteiger partial charge on any atom is 0.306 e. The smallest absolute Gasteiger partial charge is 0.306 e. The summed E-state index contributed by atoms with van der Waals surface area (Å²) in [4.78, 5) is 75.9. The first-order valence-electron chi connectivity index (χ1n) is 17.1. The Morgan fingerprint density at radius 1 is 0.490 bits per heavy atom. The van der Waals surface area contributed by atoms with Crippen molar-refractivity contribution >= 4 is 35.5 Å². The fraction of sp³-hybridized carbons (Fsp3) is 0.824. The number of hydrogen-bond donors (Lipinski definition) is 9. The van der Waals surface area contributed by atoms with E-state index in [0.717, 1.165) is 0 Å². The van der Waals surface area contributed by atoms with Gasteiger partial charge in [0.2, 0.25) is 29.5 Å². The van der Waals surface area contributed by atoms with E-state index in [1.54, 1.807) is 27.7 Å². The second kappa shape index (κ2) is 23.2. The molecule has 0 aliphatic carbocycles. The van der Waals surface area contributed by atoms with Gasteiger partial charge in [0, 0.05) is 6.42 Å². The summed E-state index contributed by atoms with van der Waals surface area (Å²) < 4.78 is 0. The third-order valence-corrected chi connectivity index (χ3v) is 7.69. The molecule has 15 nitrogen and oxygen atoms in total. The minimum atomic E-state index is -1.33. The van der Waals surface area contributed by atoms with Crippen LogP contribution in [0.25, 0.3) is 0 Å². The van der Waals surface area contributed by atoms with E-state index < -0.39 is 84.9 Å². The van der Waals surface area contributed by atoms with E-state index in [1.807, 2.05) is 41.5 Å². The topological polar surface area (TPSA) is 258 Å². The van der Waals surface area contributed by atoms with Gasteiger partial charge in [-0.1, -0.05) is 69.2 Å². The molecular formula is C34H66N6O9. The number of nitrogens with one attached hydrogen (secondary N) is 5. The number of aliphatic hydroxyl groups is 2. The van der Waals surface area contributed by atoms with Gasteiger partial charge in [-0.2, -0.15) is 0 Å². The van der Waals surface area contributed by atoms with Gasteiger partial charge >= 0.3 is 5.97 Å². The Labute approximate surface area is 292 Å². The molecule has 0 fully saturated rings. The number of aliphatic hydroxyl groups excluding tert-OH is 2. The molecule has 0 aliphatic rings. The van der Waals surface area contributed by atoms with Crippen molar-refractivity contribution in [3.63, 3.8) is 0 Å². The molecule has 0 saturated heterocycles. The zero-order valence-electron chi connectivity index (χ0n) is 31.5. The van der Waals surface area contributed by atoms with Gasteiger partial charge in [-0.15, -0.1) is 0 Å². The molecule has 0 rings (SSSR count). The predicted molar refractivity (Wildman–Crippen MR) is 187 cm³/mol. The second-order valence-corrected chi connectivity index (χ2v) is 14.8. The van der Waals surface area contributed by atoms with Crippen molar-refractivity contribution in [3.05, 3.63) is 0 Å². The minimum Gasteiger partial charge on any atom is -0.481 e. The Hall–Kier alpha value is -3.30. The van der Waals surface area contributed by atoms with Crippen LogP contribution in [0.4, 0.5) is 0 Å². The van der Waals surface area contributed by atoms with Crippen molar-refractivity contribution < 1.29 is 44.1 Å². The summed E-state index contributed by atoms with van der Waals surface area (Å²) in [5.41, 5.74) is 0. The van der Waals surface area contributed by atoms with Gasteiger partial charge < -0.3 is 48.1 Å². The molecule has 0 aromatic carbocycles. The second-order valence-electron chi connectivity index (χ2n) is 14.8. The molecule has 0 aromatic rings. The van der Waals surface area contributed by atoms with Crippen molar-refractivity contribution in [1.82, 2.24) is 32.7 Å². The van der Waals surface area contributed by atoms with E-state index in [9.17, 15) is 39.0 Å². The SMILES string of the molecule is CC(C)CC(=O)NC(C(=O)NC(C(=O)NC(CC(C)C)C(O)CC(=O)NC(C)C(=O)NC(CC(C)C)C(O)CC(=O)O)C(C)C)C(C)C.N.